The predicted octanol–water partition coefficient (Wildman–Crippen LogP) is 3.22. The molecule has 0 unspecified atom stereocenters. The maximum absolute atomic E-state index is 11.5. The summed E-state index contributed by atoms with van der Waals surface area (Å²) in [5, 5.41) is 5.31. The molecular weight excluding hydrogens is 286 g/mol. The monoisotopic (exact) mass is 307 g/mol. The smallest absolute Gasteiger partial charge is 0.252 e. The molecule has 0 aliphatic carbocycles. The van der Waals surface area contributed by atoms with Crippen molar-refractivity contribution in [2.24, 2.45) is 0 Å². The molecule has 1 amide bonds. The van der Waals surface area contributed by atoms with Crippen molar-refractivity contribution in [3.05, 3.63) is 22.8 Å². The zero-order valence-corrected chi connectivity index (χ0v) is 13.7. The quantitative estimate of drug-likeness (QED) is 0.891. The molecule has 5 nitrogen and oxygen atoms in total. The molecule has 0 fully saturated rings. The van der Waals surface area contributed by atoms with Crippen LogP contribution in [0.5, 0.6) is 0 Å². The highest BCUT2D eigenvalue weighted by molar-refractivity contribution is 7.14. The number of aromatic nitrogens is 2. The second-order valence-corrected chi connectivity index (χ2v) is 5.81. The Kier molecular flexibility index (Phi) is 5.14. The van der Waals surface area contributed by atoms with Crippen LogP contribution < -0.4 is 5.32 Å². The third-order valence-corrected chi connectivity index (χ3v) is 4.08. The molecule has 0 spiro atoms. The van der Waals surface area contributed by atoms with Crippen LogP contribution in [0.4, 0.5) is 5.13 Å². The second-order valence-electron chi connectivity index (χ2n) is 4.96. The lowest BCUT2D eigenvalue weighted by Gasteiger charge is -2.07. The molecule has 1 N–H and O–H groups in total. The SMILES string of the molecule is CCCn1c(C)cc(-c2csc(NC(=O)COC)n2)c1C. The van der Waals surface area contributed by atoms with Crippen LogP contribution in [0.15, 0.2) is 11.4 Å². The van der Waals surface area contributed by atoms with Gasteiger partial charge >= 0.3 is 0 Å². The first-order valence-electron chi connectivity index (χ1n) is 6.98. The standard InChI is InChI=1S/C15H21N3O2S/c1-5-6-18-10(2)7-12(11(18)3)13-9-21-15(16-13)17-14(19)8-20-4/h7,9H,5-6,8H2,1-4H3,(H,16,17,19). The largest absolute Gasteiger partial charge is 0.375 e. The number of methoxy groups -OCH3 is 1. The molecule has 2 rings (SSSR count). The summed E-state index contributed by atoms with van der Waals surface area (Å²) in [4.78, 5) is 16.0. The maximum Gasteiger partial charge on any atom is 0.252 e. The summed E-state index contributed by atoms with van der Waals surface area (Å²) in [6.45, 7) is 7.45. The normalized spacial score (nSPS) is 10.9. The molecule has 0 aliphatic rings. The lowest BCUT2D eigenvalue weighted by atomic mass is 10.2. The molecule has 2 aromatic heterocycles. The summed E-state index contributed by atoms with van der Waals surface area (Å²) in [5.74, 6) is -0.185. The number of thiazole rings is 1. The number of carbonyl (C=O) groups excluding carboxylic acids is 1. The molecular formula is C15H21N3O2S. The van der Waals surface area contributed by atoms with Crippen molar-refractivity contribution in [3.8, 4) is 11.3 Å². The van der Waals surface area contributed by atoms with Gasteiger partial charge in [0.15, 0.2) is 5.13 Å². The van der Waals surface area contributed by atoms with E-state index in [1.807, 2.05) is 5.38 Å². The molecule has 2 aromatic rings. The van der Waals surface area contributed by atoms with Crippen molar-refractivity contribution in [2.45, 2.75) is 33.7 Å². The number of anilines is 1. The maximum atomic E-state index is 11.5. The first kappa shape index (κ1) is 15.7. The molecule has 0 saturated heterocycles. The van der Waals surface area contributed by atoms with E-state index in [2.05, 4.69) is 41.7 Å². The fourth-order valence-electron chi connectivity index (χ4n) is 2.37. The van der Waals surface area contributed by atoms with Gasteiger partial charge in [-0.2, -0.15) is 0 Å². The van der Waals surface area contributed by atoms with Crippen LogP contribution in [0.25, 0.3) is 11.3 Å². The summed E-state index contributed by atoms with van der Waals surface area (Å²) in [6, 6.07) is 2.15. The van der Waals surface area contributed by atoms with Crippen LogP contribution in [0.2, 0.25) is 0 Å². The average Bonchev–Trinajstić information content (AvgIpc) is 2.99. The molecule has 114 valence electrons. The molecule has 6 heteroatoms. The lowest BCUT2D eigenvalue weighted by Crippen LogP contribution is -2.16. The summed E-state index contributed by atoms with van der Waals surface area (Å²) in [6.07, 6.45) is 1.10. The lowest BCUT2D eigenvalue weighted by molar-refractivity contribution is -0.119. The van der Waals surface area contributed by atoms with Crippen molar-refractivity contribution in [1.82, 2.24) is 9.55 Å². The zero-order chi connectivity index (χ0) is 15.4. The van der Waals surface area contributed by atoms with E-state index in [-0.39, 0.29) is 12.5 Å². The summed E-state index contributed by atoms with van der Waals surface area (Å²) < 4.78 is 7.10. The Morgan fingerprint density at radius 1 is 1.48 bits per heavy atom. The molecule has 0 saturated carbocycles. The van der Waals surface area contributed by atoms with Crippen LogP contribution in [-0.4, -0.2) is 29.2 Å². The fourth-order valence-corrected chi connectivity index (χ4v) is 3.10. The van der Waals surface area contributed by atoms with Crippen molar-refractivity contribution in [1.29, 1.82) is 0 Å². The summed E-state index contributed by atoms with van der Waals surface area (Å²) in [7, 11) is 1.50. The number of ether oxygens (including phenoxy) is 1. The Hall–Kier alpha value is -1.66. The molecule has 0 atom stereocenters. The topological polar surface area (TPSA) is 56.2 Å². The van der Waals surface area contributed by atoms with Crippen molar-refractivity contribution < 1.29 is 9.53 Å². The number of amides is 1. The Bertz CT molecular complexity index is 631. The minimum Gasteiger partial charge on any atom is -0.375 e. The van der Waals surface area contributed by atoms with Gasteiger partial charge in [0.2, 0.25) is 0 Å². The molecule has 21 heavy (non-hydrogen) atoms. The highest BCUT2D eigenvalue weighted by Crippen LogP contribution is 2.30. The Morgan fingerprint density at radius 3 is 2.90 bits per heavy atom. The van der Waals surface area contributed by atoms with E-state index in [4.69, 9.17) is 4.74 Å². The third kappa shape index (κ3) is 3.51. The number of hydrogen-bond acceptors (Lipinski definition) is 4. The fraction of sp³-hybridized carbons (Fsp3) is 0.467. The molecule has 0 radical (unpaired) electrons. The third-order valence-electron chi connectivity index (χ3n) is 3.32. The Balaban J connectivity index is 2.22. The van der Waals surface area contributed by atoms with Crippen molar-refractivity contribution >= 4 is 22.4 Å². The molecule has 0 aliphatic heterocycles. The number of carbonyl (C=O) groups is 1. The van der Waals surface area contributed by atoms with E-state index < -0.39 is 0 Å². The van der Waals surface area contributed by atoms with Gasteiger partial charge in [0.1, 0.15) is 6.61 Å². The van der Waals surface area contributed by atoms with Gasteiger partial charge in [-0.1, -0.05) is 6.92 Å². The van der Waals surface area contributed by atoms with Crippen LogP contribution in [0, 0.1) is 13.8 Å². The minimum atomic E-state index is -0.185. The van der Waals surface area contributed by atoms with Gasteiger partial charge in [0.05, 0.1) is 5.69 Å². The summed E-state index contributed by atoms with van der Waals surface area (Å²) in [5.41, 5.74) is 4.49. The number of nitrogens with one attached hydrogen (secondary N) is 1. The van der Waals surface area contributed by atoms with Gasteiger partial charge < -0.3 is 9.30 Å². The zero-order valence-electron chi connectivity index (χ0n) is 12.9. The van der Waals surface area contributed by atoms with Gasteiger partial charge in [0.25, 0.3) is 5.91 Å². The number of hydrogen-bond donors (Lipinski definition) is 1. The van der Waals surface area contributed by atoms with E-state index in [0.717, 1.165) is 24.2 Å². The summed E-state index contributed by atoms with van der Waals surface area (Å²) >= 11 is 1.43. The van der Waals surface area contributed by atoms with Gasteiger partial charge in [-0.3, -0.25) is 10.1 Å². The number of rotatable bonds is 6. The predicted molar refractivity (Wildman–Crippen MR) is 85.8 cm³/mol. The first-order valence-corrected chi connectivity index (χ1v) is 7.86. The molecule has 0 bridgehead atoms. The van der Waals surface area contributed by atoms with Crippen molar-refractivity contribution in [3.63, 3.8) is 0 Å². The Labute approximate surface area is 129 Å². The average molecular weight is 307 g/mol. The van der Waals surface area contributed by atoms with Gasteiger partial charge in [-0.05, 0) is 26.3 Å². The van der Waals surface area contributed by atoms with Crippen LogP contribution in [-0.2, 0) is 16.1 Å². The molecule has 2 heterocycles. The van der Waals surface area contributed by atoms with E-state index >= 15 is 0 Å². The first-order chi connectivity index (χ1) is 10.1. The minimum absolute atomic E-state index is 0.0416. The highest BCUT2D eigenvalue weighted by atomic mass is 32.1. The van der Waals surface area contributed by atoms with Crippen LogP contribution in [0.3, 0.4) is 0 Å². The van der Waals surface area contributed by atoms with E-state index in [1.165, 1.54) is 29.8 Å². The van der Waals surface area contributed by atoms with E-state index in [1.54, 1.807) is 0 Å². The van der Waals surface area contributed by atoms with E-state index in [0.29, 0.717) is 5.13 Å². The van der Waals surface area contributed by atoms with Gasteiger partial charge in [0, 0.05) is 36.0 Å². The second kappa shape index (κ2) is 6.87. The van der Waals surface area contributed by atoms with Crippen molar-refractivity contribution in [2.75, 3.05) is 19.0 Å². The van der Waals surface area contributed by atoms with E-state index in [9.17, 15) is 4.79 Å². The van der Waals surface area contributed by atoms with Crippen LogP contribution >= 0.6 is 11.3 Å². The van der Waals surface area contributed by atoms with Crippen LogP contribution in [0.1, 0.15) is 24.7 Å². The highest BCUT2D eigenvalue weighted by Gasteiger charge is 2.14. The number of aryl methyl sites for hydroxylation is 1. The van der Waals surface area contributed by atoms with Gasteiger partial charge in [-0.15, -0.1) is 11.3 Å². The Morgan fingerprint density at radius 2 is 2.24 bits per heavy atom. The van der Waals surface area contributed by atoms with Gasteiger partial charge in [-0.25, -0.2) is 4.98 Å². The molecule has 0 aromatic carbocycles. The number of nitrogens with zero attached hydrogens (tertiary/aromatic N) is 2.